The van der Waals surface area contributed by atoms with Gasteiger partial charge < -0.3 is 0 Å². The molecule has 0 fully saturated rings. The summed E-state index contributed by atoms with van der Waals surface area (Å²) in [6.07, 6.45) is 8.64. The van der Waals surface area contributed by atoms with Gasteiger partial charge in [0.15, 0.2) is 0 Å². The van der Waals surface area contributed by atoms with Crippen molar-refractivity contribution >= 4 is 0 Å². The van der Waals surface area contributed by atoms with E-state index in [1.54, 1.807) is 0 Å². The van der Waals surface area contributed by atoms with Gasteiger partial charge >= 0.3 is 0 Å². The summed E-state index contributed by atoms with van der Waals surface area (Å²) >= 11 is 0. The summed E-state index contributed by atoms with van der Waals surface area (Å²) in [4.78, 5) is 0. The molecule has 0 nitrogen and oxygen atoms in total. The van der Waals surface area contributed by atoms with Crippen molar-refractivity contribution in [2.75, 3.05) is 0 Å². The van der Waals surface area contributed by atoms with Crippen LogP contribution in [0.3, 0.4) is 0 Å². The Morgan fingerprint density at radius 2 is 1.67 bits per heavy atom. The molecule has 0 aliphatic carbocycles. The average Bonchev–Trinajstić information content (AvgIpc) is 1.96. The first-order valence-corrected chi connectivity index (χ1v) is 4.56. The lowest BCUT2D eigenvalue weighted by atomic mass is 10.1. The van der Waals surface area contributed by atoms with Crippen molar-refractivity contribution in [2.45, 2.75) is 34.6 Å². The normalized spacial score (nSPS) is 11.8. The second kappa shape index (κ2) is 5.82. The number of hydrogen-bond acceptors (Lipinski definition) is 0. The molecule has 12 heavy (non-hydrogen) atoms. The predicted octanol–water partition coefficient (Wildman–Crippen LogP) is 4.11. The van der Waals surface area contributed by atoms with Crippen LogP contribution in [-0.2, 0) is 0 Å². The molecule has 0 saturated carbocycles. The van der Waals surface area contributed by atoms with Crippen molar-refractivity contribution in [3.8, 4) is 0 Å². The van der Waals surface area contributed by atoms with Crippen LogP contribution in [0.2, 0.25) is 0 Å². The van der Waals surface area contributed by atoms with E-state index < -0.39 is 0 Å². The zero-order valence-electron chi connectivity index (χ0n) is 8.89. The van der Waals surface area contributed by atoms with E-state index in [0.717, 1.165) is 0 Å². The van der Waals surface area contributed by atoms with Crippen LogP contribution in [0, 0.1) is 5.92 Å². The third-order valence-corrected chi connectivity index (χ3v) is 1.58. The zero-order chi connectivity index (χ0) is 9.56. The fraction of sp³-hybridized carbons (Fsp3) is 0.500. The molecule has 0 unspecified atom stereocenters. The number of allylic oxidation sites excluding steroid dienone is 6. The molecule has 0 aromatic heterocycles. The van der Waals surface area contributed by atoms with Crippen molar-refractivity contribution in [1.29, 1.82) is 0 Å². The zero-order valence-corrected chi connectivity index (χ0v) is 8.89. The molecule has 0 spiro atoms. The third kappa shape index (κ3) is 4.95. The highest BCUT2D eigenvalue weighted by Gasteiger charge is 1.89. The van der Waals surface area contributed by atoms with Crippen molar-refractivity contribution in [3.05, 3.63) is 35.5 Å². The molecule has 0 N–H and O–H groups in total. The molecule has 0 bridgehead atoms. The van der Waals surface area contributed by atoms with Gasteiger partial charge in [0.1, 0.15) is 0 Å². The first-order chi connectivity index (χ1) is 5.57. The van der Waals surface area contributed by atoms with E-state index in [1.165, 1.54) is 11.1 Å². The molecule has 0 aromatic carbocycles. The van der Waals surface area contributed by atoms with Crippen LogP contribution in [0.1, 0.15) is 34.6 Å². The van der Waals surface area contributed by atoms with E-state index in [-0.39, 0.29) is 0 Å². The summed E-state index contributed by atoms with van der Waals surface area (Å²) in [5.41, 5.74) is 2.69. The van der Waals surface area contributed by atoms with Gasteiger partial charge in [0.2, 0.25) is 0 Å². The molecule has 0 radical (unpaired) electrons. The predicted molar refractivity (Wildman–Crippen MR) is 57.2 cm³/mol. The van der Waals surface area contributed by atoms with E-state index in [1.807, 2.05) is 6.92 Å². The Morgan fingerprint density at radius 1 is 1.08 bits per heavy atom. The largest absolute Gasteiger partial charge is 0.0871 e. The maximum Gasteiger partial charge on any atom is -0.0277 e. The fourth-order valence-corrected chi connectivity index (χ4v) is 0.865. The molecular formula is C12H20. The van der Waals surface area contributed by atoms with E-state index in [2.05, 4.69) is 52.0 Å². The van der Waals surface area contributed by atoms with Gasteiger partial charge in [-0.25, -0.2) is 0 Å². The molecule has 68 valence electrons. The number of rotatable bonds is 3. The monoisotopic (exact) mass is 164 g/mol. The lowest BCUT2D eigenvalue weighted by Crippen LogP contribution is -1.81. The van der Waals surface area contributed by atoms with E-state index in [9.17, 15) is 0 Å². The molecule has 0 atom stereocenters. The van der Waals surface area contributed by atoms with Gasteiger partial charge in [-0.15, -0.1) is 0 Å². The third-order valence-electron chi connectivity index (χ3n) is 1.58. The molecule has 0 rings (SSSR count). The minimum absolute atomic E-state index is 0.629. The summed E-state index contributed by atoms with van der Waals surface area (Å²) in [6.45, 7) is 10.7. The Hall–Kier alpha value is -0.780. The first-order valence-electron chi connectivity index (χ1n) is 4.56. The van der Waals surface area contributed by atoms with E-state index >= 15 is 0 Å². The SMILES string of the molecule is C/C=C\C(/C=C\C(C)C)=C(C)C. The quantitative estimate of drug-likeness (QED) is 0.551. The maximum absolute atomic E-state index is 2.22. The number of hydrogen-bond donors (Lipinski definition) is 0. The average molecular weight is 164 g/mol. The van der Waals surface area contributed by atoms with Gasteiger partial charge in [-0.05, 0) is 32.3 Å². The standard InChI is InChI=1S/C12H20/c1-6-7-12(11(4)5)9-8-10(2)3/h6-10H,1-5H3/b7-6-,9-8-. The van der Waals surface area contributed by atoms with E-state index in [4.69, 9.17) is 0 Å². The van der Waals surface area contributed by atoms with Gasteiger partial charge in [0.05, 0.1) is 0 Å². The molecule has 0 heteroatoms. The van der Waals surface area contributed by atoms with Gasteiger partial charge in [-0.2, -0.15) is 0 Å². The van der Waals surface area contributed by atoms with Gasteiger partial charge in [0.25, 0.3) is 0 Å². The van der Waals surface area contributed by atoms with Crippen LogP contribution in [-0.4, -0.2) is 0 Å². The Bertz CT molecular complexity index is 198. The summed E-state index contributed by atoms with van der Waals surface area (Å²) in [5, 5.41) is 0. The molecular weight excluding hydrogens is 144 g/mol. The Balaban J connectivity index is 4.47. The maximum atomic E-state index is 2.22. The van der Waals surface area contributed by atoms with Crippen LogP contribution < -0.4 is 0 Å². The smallest absolute Gasteiger partial charge is 0.0277 e. The molecule has 0 aliphatic heterocycles. The topological polar surface area (TPSA) is 0 Å². The second-order valence-corrected chi connectivity index (χ2v) is 3.56. The van der Waals surface area contributed by atoms with E-state index in [0.29, 0.717) is 5.92 Å². The van der Waals surface area contributed by atoms with Gasteiger partial charge in [-0.3, -0.25) is 0 Å². The van der Waals surface area contributed by atoms with Crippen molar-refractivity contribution in [1.82, 2.24) is 0 Å². The highest BCUT2D eigenvalue weighted by atomic mass is 14.0. The molecule has 0 aliphatic rings. The summed E-state index contributed by atoms with van der Waals surface area (Å²) in [5.74, 6) is 0.629. The fourth-order valence-electron chi connectivity index (χ4n) is 0.865. The lowest BCUT2D eigenvalue weighted by Gasteiger charge is -1.99. The van der Waals surface area contributed by atoms with Crippen LogP contribution in [0.25, 0.3) is 0 Å². The Kier molecular flexibility index (Phi) is 5.44. The summed E-state index contributed by atoms with van der Waals surface area (Å²) < 4.78 is 0. The second-order valence-electron chi connectivity index (χ2n) is 3.56. The summed E-state index contributed by atoms with van der Waals surface area (Å²) in [7, 11) is 0. The Morgan fingerprint density at radius 3 is 2.00 bits per heavy atom. The Labute approximate surface area is 76.7 Å². The molecule has 0 amide bonds. The van der Waals surface area contributed by atoms with Gasteiger partial charge in [0, 0.05) is 0 Å². The van der Waals surface area contributed by atoms with Crippen molar-refractivity contribution in [3.63, 3.8) is 0 Å². The highest BCUT2D eigenvalue weighted by Crippen LogP contribution is 2.08. The van der Waals surface area contributed by atoms with Crippen molar-refractivity contribution in [2.24, 2.45) is 5.92 Å². The van der Waals surface area contributed by atoms with Crippen LogP contribution in [0.15, 0.2) is 35.5 Å². The lowest BCUT2D eigenvalue weighted by molar-refractivity contribution is 0.831. The molecule has 0 aromatic rings. The molecule has 0 saturated heterocycles. The van der Waals surface area contributed by atoms with Crippen LogP contribution >= 0.6 is 0 Å². The van der Waals surface area contributed by atoms with Crippen LogP contribution in [0.5, 0.6) is 0 Å². The highest BCUT2D eigenvalue weighted by molar-refractivity contribution is 5.33. The molecule has 0 heterocycles. The minimum Gasteiger partial charge on any atom is -0.0871 e. The van der Waals surface area contributed by atoms with Gasteiger partial charge in [-0.1, -0.05) is 43.7 Å². The van der Waals surface area contributed by atoms with Crippen molar-refractivity contribution < 1.29 is 0 Å². The minimum atomic E-state index is 0.629. The summed E-state index contributed by atoms with van der Waals surface area (Å²) in [6, 6.07) is 0. The first kappa shape index (κ1) is 11.2. The van der Waals surface area contributed by atoms with Crippen LogP contribution in [0.4, 0.5) is 0 Å².